The lowest BCUT2D eigenvalue weighted by atomic mass is 9.93. The van der Waals surface area contributed by atoms with Gasteiger partial charge in [0, 0.05) is 30.3 Å². The summed E-state index contributed by atoms with van der Waals surface area (Å²) in [6.45, 7) is 1.69. The van der Waals surface area contributed by atoms with Crippen molar-refractivity contribution in [3.63, 3.8) is 0 Å². The lowest BCUT2D eigenvalue weighted by Gasteiger charge is -2.34. The highest BCUT2D eigenvalue weighted by Gasteiger charge is 2.32. The fourth-order valence-electron chi connectivity index (χ4n) is 5.30. The summed E-state index contributed by atoms with van der Waals surface area (Å²) in [6.07, 6.45) is 2.67. The topological polar surface area (TPSA) is 161 Å². The number of nitrogens with one attached hydrogen (secondary N) is 2. The van der Waals surface area contributed by atoms with Gasteiger partial charge in [-0.2, -0.15) is 4.72 Å². The van der Waals surface area contributed by atoms with E-state index in [2.05, 4.69) is 4.72 Å². The van der Waals surface area contributed by atoms with E-state index >= 15 is 0 Å². The van der Waals surface area contributed by atoms with Gasteiger partial charge >= 0.3 is 0 Å². The van der Waals surface area contributed by atoms with Gasteiger partial charge < -0.3 is 25.8 Å². The predicted octanol–water partition coefficient (Wildman–Crippen LogP) is 3.13. The minimum atomic E-state index is -4.12. The van der Waals surface area contributed by atoms with Crippen LogP contribution in [0.25, 0.3) is 11.1 Å². The van der Waals surface area contributed by atoms with Crippen LogP contribution in [0.4, 0.5) is 0 Å². The van der Waals surface area contributed by atoms with E-state index in [0.29, 0.717) is 59.3 Å². The van der Waals surface area contributed by atoms with Gasteiger partial charge in [0.2, 0.25) is 15.9 Å². The fraction of sp³-hybridized carbons (Fsp3) is 0.355. The van der Waals surface area contributed by atoms with E-state index in [-0.39, 0.29) is 23.1 Å². The molecule has 10 nitrogen and oxygen atoms in total. The summed E-state index contributed by atoms with van der Waals surface area (Å²) < 4.78 is 41.0. The number of ether oxygens (including phenoxy) is 2. The van der Waals surface area contributed by atoms with Gasteiger partial charge in [0.15, 0.2) is 0 Å². The summed E-state index contributed by atoms with van der Waals surface area (Å²) in [6, 6.07) is 17.7. The van der Waals surface area contributed by atoms with Gasteiger partial charge in [-0.25, -0.2) is 8.42 Å². The van der Waals surface area contributed by atoms with E-state index < -0.39 is 16.1 Å². The number of carbonyl (C=O) groups excluding carboxylic acids is 1. The third-order valence-electron chi connectivity index (χ3n) is 7.64. The summed E-state index contributed by atoms with van der Waals surface area (Å²) in [5.41, 5.74) is 13.9. The Balaban J connectivity index is 1.63. The van der Waals surface area contributed by atoms with E-state index in [4.69, 9.17) is 26.4 Å². The molecule has 1 saturated heterocycles. The predicted molar refractivity (Wildman–Crippen MR) is 163 cm³/mol. The first-order valence-corrected chi connectivity index (χ1v) is 15.4. The van der Waals surface area contributed by atoms with Crippen molar-refractivity contribution < 1.29 is 22.7 Å². The molecule has 0 bridgehead atoms. The molecule has 224 valence electrons. The SMILES string of the molecule is COc1ccc(-c2cccc(S(=O)(=O)N[C@@H](Cc3cccc(C(=N)N)c3)C(=O)N3CCC(CCN)CC3)c2)c(OC)c1. The Morgan fingerprint density at radius 2 is 1.79 bits per heavy atom. The van der Waals surface area contributed by atoms with Crippen molar-refractivity contribution in [2.75, 3.05) is 33.9 Å². The molecule has 0 unspecified atom stereocenters. The summed E-state index contributed by atoms with van der Waals surface area (Å²) in [7, 11) is -1.02. The maximum absolute atomic E-state index is 13.8. The number of amides is 1. The summed E-state index contributed by atoms with van der Waals surface area (Å²) in [5.74, 6) is 1.22. The van der Waals surface area contributed by atoms with Gasteiger partial charge in [-0.15, -0.1) is 0 Å². The first kappa shape index (κ1) is 31.0. The van der Waals surface area contributed by atoms with Crippen molar-refractivity contribution in [3.8, 4) is 22.6 Å². The Morgan fingerprint density at radius 3 is 2.45 bits per heavy atom. The average Bonchev–Trinajstić information content (AvgIpc) is 3.00. The Bertz CT molecular complexity index is 1520. The molecule has 1 fully saturated rings. The molecular weight excluding hydrogens is 554 g/mol. The molecule has 0 radical (unpaired) electrons. The summed E-state index contributed by atoms with van der Waals surface area (Å²) in [5, 5.41) is 7.78. The minimum absolute atomic E-state index is 0.0230. The lowest BCUT2D eigenvalue weighted by molar-refractivity contribution is -0.134. The number of rotatable bonds is 12. The van der Waals surface area contributed by atoms with Crippen LogP contribution >= 0.6 is 0 Å². The summed E-state index contributed by atoms with van der Waals surface area (Å²) >= 11 is 0. The molecule has 6 N–H and O–H groups in total. The molecule has 1 aliphatic rings. The number of methoxy groups -OCH3 is 2. The minimum Gasteiger partial charge on any atom is -0.497 e. The van der Waals surface area contributed by atoms with Gasteiger partial charge in [-0.3, -0.25) is 10.2 Å². The van der Waals surface area contributed by atoms with Crippen LogP contribution in [-0.2, 0) is 21.2 Å². The molecule has 0 aliphatic carbocycles. The third kappa shape index (κ3) is 7.47. The standard InChI is InChI=1S/C31H39N5O5S/c1-40-25-9-10-27(29(20-25)41-2)23-6-4-8-26(19-23)42(38,39)35-28(18-22-5-3-7-24(17-22)30(33)34)31(37)36-15-12-21(11-14-32)13-16-36/h3-10,17,19-21,28,35H,11-16,18,32H2,1-2H3,(H3,33,34)/t28-/m0/s1. The lowest BCUT2D eigenvalue weighted by Crippen LogP contribution is -2.51. The third-order valence-corrected chi connectivity index (χ3v) is 9.11. The zero-order valence-corrected chi connectivity index (χ0v) is 24.8. The zero-order chi connectivity index (χ0) is 30.3. The van der Waals surface area contributed by atoms with Crippen molar-refractivity contribution in [1.82, 2.24) is 9.62 Å². The Morgan fingerprint density at radius 1 is 1.05 bits per heavy atom. The van der Waals surface area contributed by atoms with Crippen molar-refractivity contribution >= 4 is 21.8 Å². The van der Waals surface area contributed by atoms with Crippen LogP contribution in [0.1, 0.15) is 30.4 Å². The molecule has 3 aromatic rings. The first-order valence-electron chi connectivity index (χ1n) is 13.9. The van der Waals surface area contributed by atoms with E-state index in [1.807, 2.05) is 0 Å². The van der Waals surface area contributed by atoms with Crippen molar-refractivity contribution in [2.24, 2.45) is 17.4 Å². The second-order valence-electron chi connectivity index (χ2n) is 10.4. The average molecular weight is 594 g/mol. The van der Waals surface area contributed by atoms with Crippen LogP contribution in [-0.4, -0.2) is 65.0 Å². The number of hydrogen-bond acceptors (Lipinski definition) is 7. The van der Waals surface area contributed by atoms with Crippen LogP contribution in [0, 0.1) is 11.3 Å². The molecule has 0 saturated carbocycles. The maximum atomic E-state index is 13.8. The van der Waals surface area contributed by atoms with Crippen LogP contribution < -0.4 is 25.7 Å². The molecule has 1 amide bonds. The number of likely N-dealkylation sites (tertiary alicyclic amines) is 1. The highest BCUT2D eigenvalue weighted by Crippen LogP contribution is 2.34. The van der Waals surface area contributed by atoms with E-state index in [1.165, 1.54) is 13.2 Å². The number of nitrogens with two attached hydrogens (primary N) is 2. The summed E-state index contributed by atoms with van der Waals surface area (Å²) in [4.78, 5) is 15.6. The highest BCUT2D eigenvalue weighted by atomic mass is 32.2. The van der Waals surface area contributed by atoms with Crippen LogP contribution in [0.5, 0.6) is 11.5 Å². The second kappa shape index (κ2) is 13.8. The number of nitrogens with zero attached hydrogens (tertiary/aromatic N) is 1. The number of sulfonamides is 1. The number of carbonyl (C=O) groups is 1. The van der Waals surface area contributed by atoms with E-state index in [9.17, 15) is 13.2 Å². The molecule has 0 aromatic heterocycles. The Labute approximate surface area is 247 Å². The number of hydrogen-bond donors (Lipinski definition) is 4. The molecule has 1 heterocycles. The van der Waals surface area contributed by atoms with Gasteiger partial charge in [-0.1, -0.05) is 30.3 Å². The number of piperidine rings is 1. The van der Waals surface area contributed by atoms with Gasteiger partial charge in [0.1, 0.15) is 23.4 Å². The van der Waals surface area contributed by atoms with Crippen LogP contribution in [0.15, 0.2) is 71.6 Å². The molecule has 11 heteroatoms. The molecule has 1 aliphatic heterocycles. The molecule has 4 rings (SSSR count). The van der Waals surface area contributed by atoms with E-state index in [1.54, 1.807) is 72.7 Å². The fourth-order valence-corrected chi connectivity index (χ4v) is 6.54. The smallest absolute Gasteiger partial charge is 0.241 e. The molecule has 3 aromatic carbocycles. The number of nitrogen functional groups attached to an aromatic ring is 1. The molecule has 0 spiro atoms. The Kier molecular flexibility index (Phi) is 10.2. The zero-order valence-electron chi connectivity index (χ0n) is 24.0. The van der Waals surface area contributed by atoms with Crippen LogP contribution in [0.2, 0.25) is 0 Å². The molecule has 42 heavy (non-hydrogen) atoms. The normalized spacial score (nSPS) is 14.8. The first-order chi connectivity index (χ1) is 20.1. The number of benzene rings is 3. The number of amidine groups is 1. The van der Waals surface area contributed by atoms with Gasteiger partial charge in [0.25, 0.3) is 0 Å². The van der Waals surface area contributed by atoms with Crippen LogP contribution in [0.3, 0.4) is 0 Å². The maximum Gasteiger partial charge on any atom is 0.241 e. The Hall–Kier alpha value is -3.93. The second-order valence-corrected chi connectivity index (χ2v) is 12.1. The molecular formula is C31H39N5O5S. The van der Waals surface area contributed by atoms with E-state index in [0.717, 1.165) is 19.3 Å². The monoisotopic (exact) mass is 593 g/mol. The molecule has 1 atom stereocenters. The van der Waals surface area contributed by atoms with Crippen molar-refractivity contribution in [1.29, 1.82) is 5.41 Å². The quantitative estimate of drug-likeness (QED) is 0.185. The van der Waals surface area contributed by atoms with Crippen molar-refractivity contribution in [2.45, 2.75) is 36.6 Å². The van der Waals surface area contributed by atoms with Gasteiger partial charge in [-0.05, 0) is 79.6 Å². The largest absolute Gasteiger partial charge is 0.497 e. The van der Waals surface area contributed by atoms with Gasteiger partial charge in [0.05, 0.1) is 19.1 Å². The van der Waals surface area contributed by atoms with Crippen molar-refractivity contribution in [3.05, 3.63) is 77.9 Å². The highest BCUT2D eigenvalue weighted by molar-refractivity contribution is 7.89.